The summed E-state index contributed by atoms with van der Waals surface area (Å²) in [4.78, 5) is 25.7. The molecular weight excluding hydrogens is 379 g/mol. The van der Waals surface area contributed by atoms with Gasteiger partial charge in [0.25, 0.3) is 0 Å². The Hall–Kier alpha value is -2.12. The molecule has 3 rings (SSSR count). The van der Waals surface area contributed by atoms with E-state index < -0.39 is 5.97 Å². The molecule has 138 valence electrons. The molecular formula is C17H18Cl2N4O3. The first-order valence-corrected chi connectivity index (χ1v) is 8.96. The smallest absolute Gasteiger partial charge is 0.360 e. The first-order chi connectivity index (χ1) is 12.5. The fraction of sp³-hybridized carbons (Fsp3) is 0.412. The lowest BCUT2D eigenvalue weighted by Crippen LogP contribution is -2.29. The van der Waals surface area contributed by atoms with E-state index in [4.69, 9.17) is 23.2 Å². The van der Waals surface area contributed by atoms with Gasteiger partial charge in [-0.25, -0.2) is 9.48 Å². The summed E-state index contributed by atoms with van der Waals surface area (Å²) in [5.74, 6) is -0.475. The third kappa shape index (κ3) is 3.99. The van der Waals surface area contributed by atoms with E-state index in [1.807, 2.05) is 12.1 Å². The summed E-state index contributed by atoms with van der Waals surface area (Å²) in [6.07, 6.45) is 3.20. The highest BCUT2D eigenvalue weighted by molar-refractivity contribution is 6.42. The third-order valence-electron chi connectivity index (χ3n) is 4.43. The Kier molecular flexibility index (Phi) is 5.78. The van der Waals surface area contributed by atoms with Crippen molar-refractivity contribution in [2.45, 2.75) is 25.3 Å². The van der Waals surface area contributed by atoms with Crippen LogP contribution in [-0.4, -0.2) is 52.0 Å². The van der Waals surface area contributed by atoms with Crippen LogP contribution in [0.5, 0.6) is 0 Å². The minimum Gasteiger partial charge on any atom is -0.464 e. The maximum absolute atomic E-state index is 12.5. The van der Waals surface area contributed by atoms with Gasteiger partial charge in [-0.3, -0.25) is 4.79 Å². The highest BCUT2D eigenvalue weighted by Crippen LogP contribution is 2.27. The summed E-state index contributed by atoms with van der Waals surface area (Å²) in [5, 5.41) is 8.77. The standard InChI is InChI=1S/C17H18Cl2N4O3/c1-26-17(25)14-10-23(21-20-14)12-7-8-22(9-12)15(24)6-5-11-3-2-4-13(18)16(11)19/h2-4,10,12H,5-9H2,1H3/t12-/m0/s1. The second kappa shape index (κ2) is 8.05. The van der Waals surface area contributed by atoms with Crippen LogP contribution in [-0.2, 0) is 16.0 Å². The molecule has 1 aromatic carbocycles. The van der Waals surface area contributed by atoms with Gasteiger partial charge in [-0.1, -0.05) is 40.5 Å². The van der Waals surface area contributed by atoms with Crippen molar-refractivity contribution in [3.63, 3.8) is 0 Å². The highest BCUT2D eigenvalue weighted by atomic mass is 35.5. The number of hydrogen-bond donors (Lipinski definition) is 0. The molecule has 0 aliphatic carbocycles. The first-order valence-electron chi connectivity index (χ1n) is 8.20. The number of aryl methyl sites for hydroxylation is 1. The molecule has 0 radical (unpaired) electrons. The van der Waals surface area contributed by atoms with Crippen molar-refractivity contribution in [1.82, 2.24) is 19.9 Å². The Labute approximate surface area is 160 Å². The van der Waals surface area contributed by atoms with Crippen molar-refractivity contribution in [2.75, 3.05) is 20.2 Å². The highest BCUT2D eigenvalue weighted by Gasteiger charge is 2.28. The molecule has 26 heavy (non-hydrogen) atoms. The average molecular weight is 397 g/mol. The van der Waals surface area contributed by atoms with Crippen molar-refractivity contribution >= 4 is 35.1 Å². The van der Waals surface area contributed by atoms with Gasteiger partial charge in [-0.05, 0) is 24.5 Å². The summed E-state index contributed by atoms with van der Waals surface area (Å²) < 4.78 is 6.24. The molecule has 1 aromatic heterocycles. The molecule has 1 amide bonds. The Morgan fingerprint density at radius 2 is 2.15 bits per heavy atom. The van der Waals surface area contributed by atoms with Gasteiger partial charge in [0.15, 0.2) is 5.69 Å². The zero-order chi connectivity index (χ0) is 18.7. The number of hydrogen-bond acceptors (Lipinski definition) is 5. The zero-order valence-corrected chi connectivity index (χ0v) is 15.7. The molecule has 1 fully saturated rings. The Morgan fingerprint density at radius 1 is 1.35 bits per heavy atom. The second-order valence-electron chi connectivity index (χ2n) is 6.07. The first kappa shape index (κ1) is 18.7. The number of likely N-dealkylation sites (tertiary alicyclic amines) is 1. The van der Waals surface area contributed by atoms with E-state index in [1.165, 1.54) is 7.11 Å². The monoisotopic (exact) mass is 396 g/mol. The molecule has 2 aromatic rings. The molecule has 0 bridgehead atoms. The van der Waals surface area contributed by atoms with Crippen LogP contribution in [0.25, 0.3) is 0 Å². The van der Waals surface area contributed by atoms with Crippen LogP contribution in [0, 0.1) is 0 Å². The normalized spacial score (nSPS) is 16.7. The molecule has 0 unspecified atom stereocenters. The molecule has 7 nitrogen and oxygen atoms in total. The molecule has 9 heteroatoms. The minimum atomic E-state index is -0.527. The number of carbonyl (C=O) groups excluding carboxylic acids is 2. The van der Waals surface area contributed by atoms with Gasteiger partial charge in [0.1, 0.15) is 0 Å². The summed E-state index contributed by atoms with van der Waals surface area (Å²) in [7, 11) is 1.30. The van der Waals surface area contributed by atoms with E-state index in [0.29, 0.717) is 36.0 Å². The topological polar surface area (TPSA) is 77.3 Å². The molecule has 1 aliphatic heterocycles. The van der Waals surface area contributed by atoms with Gasteiger partial charge in [0.2, 0.25) is 5.91 Å². The van der Waals surface area contributed by atoms with E-state index in [9.17, 15) is 9.59 Å². The number of benzene rings is 1. The van der Waals surface area contributed by atoms with Gasteiger partial charge in [-0.2, -0.15) is 0 Å². The molecule has 0 saturated carbocycles. The Balaban J connectivity index is 1.56. The number of carbonyl (C=O) groups is 2. The van der Waals surface area contributed by atoms with E-state index >= 15 is 0 Å². The second-order valence-corrected chi connectivity index (χ2v) is 6.86. The van der Waals surface area contributed by atoms with E-state index in [2.05, 4.69) is 15.0 Å². The fourth-order valence-corrected chi connectivity index (χ4v) is 3.39. The predicted octanol–water partition coefficient (Wildman–Crippen LogP) is 2.78. The number of methoxy groups -OCH3 is 1. The quantitative estimate of drug-likeness (QED) is 0.726. The van der Waals surface area contributed by atoms with E-state index in [0.717, 1.165) is 12.0 Å². The SMILES string of the molecule is COC(=O)c1cn([C@H]2CCN(C(=O)CCc3cccc(Cl)c3Cl)C2)nn1. The van der Waals surface area contributed by atoms with Crippen LogP contribution in [0.4, 0.5) is 0 Å². The van der Waals surface area contributed by atoms with Crippen LogP contribution in [0.3, 0.4) is 0 Å². The lowest BCUT2D eigenvalue weighted by molar-refractivity contribution is -0.130. The summed E-state index contributed by atoms with van der Waals surface area (Å²) >= 11 is 12.2. The van der Waals surface area contributed by atoms with Crippen molar-refractivity contribution in [1.29, 1.82) is 0 Å². The largest absolute Gasteiger partial charge is 0.464 e. The molecule has 1 aliphatic rings. The molecule has 0 N–H and O–H groups in total. The summed E-state index contributed by atoms with van der Waals surface area (Å²) in [5.41, 5.74) is 1.02. The lowest BCUT2D eigenvalue weighted by Gasteiger charge is -2.16. The summed E-state index contributed by atoms with van der Waals surface area (Å²) in [6.45, 7) is 1.17. The van der Waals surface area contributed by atoms with Gasteiger partial charge in [0, 0.05) is 19.5 Å². The lowest BCUT2D eigenvalue weighted by atomic mass is 10.1. The molecule has 1 saturated heterocycles. The number of nitrogens with zero attached hydrogens (tertiary/aromatic N) is 4. The molecule has 2 heterocycles. The van der Waals surface area contributed by atoms with Crippen LogP contribution in [0.2, 0.25) is 10.0 Å². The number of halogens is 2. The van der Waals surface area contributed by atoms with Crippen molar-refractivity contribution in [3.8, 4) is 0 Å². The van der Waals surface area contributed by atoms with Gasteiger partial charge >= 0.3 is 5.97 Å². The predicted molar refractivity (Wildman–Crippen MR) is 96.4 cm³/mol. The van der Waals surface area contributed by atoms with E-state index in [-0.39, 0.29) is 17.6 Å². The number of esters is 1. The van der Waals surface area contributed by atoms with Gasteiger partial charge in [-0.15, -0.1) is 5.10 Å². The number of amides is 1. The Morgan fingerprint density at radius 3 is 2.92 bits per heavy atom. The maximum Gasteiger partial charge on any atom is 0.360 e. The fourth-order valence-electron chi connectivity index (χ4n) is 2.98. The number of ether oxygens (including phenoxy) is 1. The van der Waals surface area contributed by atoms with Crippen molar-refractivity contribution < 1.29 is 14.3 Å². The van der Waals surface area contributed by atoms with Crippen molar-refractivity contribution in [2.24, 2.45) is 0 Å². The van der Waals surface area contributed by atoms with Crippen LogP contribution < -0.4 is 0 Å². The molecule has 0 spiro atoms. The van der Waals surface area contributed by atoms with Crippen molar-refractivity contribution in [3.05, 3.63) is 45.7 Å². The Bertz CT molecular complexity index is 824. The van der Waals surface area contributed by atoms with Crippen LogP contribution in [0.1, 0.15) is 34.9 Å². The van der Waals surface area contributed by atoms with Gasteiger partial charge in [0.05, 0.1) is 29.4 Å². The number of aromatic nitrogens is 3. The zero-order valence-electron chi connectivity index (χ0n) is 14.2. The average Bonchev–Trinajstić information content (AvgIpc) is 3.31. The maximum atomic E-state index is 12.5. The van der Waals surface area contributed by atoms with Gasteiger partial charge < -0.3 is 9.64 Å². The minimum absolute atomic E-state index is 0.000358. The van der Waals surface area contributed by atoms with E-state index in [1.54, 1.807) is 21.8 Å². The third-order valence-corrected chi connectivity index (χ3v) is 5.29. The van der Waals surface area contributed by atoms with Crippen LogP contribution in [0.15, 0.2) is 24.4 Å². The number of rotatable bonds is 5. The summed E-state index contributed by atoms with van der Waals surface area (Å²) in [6, 6.07) is 5.42. The molecule has 1 atom stereocenters. The van der Waals surface area contributed by atoms with Crippen LogP contribution >= 0.6 is 23.2 Å².